The molecule has 0 bridgehead atoms. The van der Waals surface area contributed by atoms with E-state index in [1.54, 1.807) is 0 Å². The van der Waals surface area contributed by atoms with Gasteiger partial charge in [-0.05, 0) is 79.6 Å². The van der Waals surface area contributed by atoms with E-state index in [0.717, 1.165) is 38.5 Å². The molecular formula is C23H30O3. The summed E-state index contributed by atoms with van der Waals surface area (Å²) < 4.78 is 5.18. The number of rotatable bonds is 1. The van der Waals surface area contributed by atoms with Crippen molar-refractivity contribution >= 4 is 11.8 Å². The first-order chi connectivity index (χ1) is 12.4. The maximum Gasteiger partial charge on any atom is 0.324 e. The quantitative estimate of drug-likeness (QED) is 0.524. The lowest BCUT2D eigenvalue weighted by Gasteiger charge is -2.57. The third kappa shape index (κ3) is 2.14. The first kappa shape index (κ1) is 17.8. The van der Waals surface area contributed by atoms with Crippen LogP contribution in [0.4, 0.5) is 0 Å². The number of methoxy groups -OCH3 is 1. The number of carbonyl (C=O) groups is 2. The van der Waals surface area contributed by atoms with Crippen LogP contribution in [-0.2, 0) is 14.3 Å². The summed E-state index contributed by atoms with van der Waals surface area (Å²) in [6.07, 6.45) is 14.5. The summed E-state index contributed by atoms with van der Waals surface area (Å²) in [5.74, 6) is 5.84. The Morgan fingerprint density at radius 1 is 1.31 bits per heavy atom. The molecule has 26 heavy (non-hydrogen) atoms. The largest absolute Gasteiger partial charge is 0.468 e. The Morgan fingerprint density at radius 2 is 2.08 bits per heavy atom. The van der Waals surface area contributed by atoms with Gasteiger partial charge in [0.25, 0.3) is 0 Å². The van der Waals surface area contributed by atoms with Gasteiger partial charge in [0.05, 0.1) is 7.11 Å². The summed E-state index contributed by atoms with van der Waals surface area (Å²) in [7, 11) is 1.46. The Labute approximate surface area is 156 Å². The van der Waals surface area contributed by atoms with Crippen molar-refractivity contribution in [2.75, 3.05) is 7.11 Å². The zero-order valence-corrected chi connectivity index (χ0v) is 16.2. The molecule has 4 aliphatic rings. The average molecular weight is 354 g/mol. The second kappa shape index (κ2) is 5.98. The lowest BCUT2D eigenvalue weighted by Crippen LogP contribution is -2.53. The zero-order chi connectivity index (χ0) is 18.7. The number of fused-ring (bicyclic) bond motifs is 5. The van der Waals surface area contributed by atoms with Crippen LogP contribution in [0.3, 0.4) is 0 Å². The van der Waals surface area contributed by atoms with Crippen LogP contribution >= 0.6 is 0 Å². The Bertz CT molecular complexity index is 713. The molecule has 0 spiro atoms. The third-order valence-electron chi connectivity index (χ3n) is 8.62. The van der Waals surface area contributed by atoms with Gasteiger partial charge >= 0.3 is 5.97 Å². The monoisotopic (exact) mass is 354 g/mol. The van der Waals surface area contributed by atoms with E-state index < -0.39 is 5.41 Å². The lowest BCUT2D eigenvalue weighted by atomic mass is 9.47. The number of ether oxygens (including phenoxy) is 1. The van der Waals surface area contributed by atoms with Crippen molar-refractivity contribution in [1.29, 1.82) is 0 Å². The van der Waals surface area contributed by atoms with Gasteiger partial charge in [0.1, 0.15) is 5.41 Å². The van der Waals surface area contributed by atoms with Crippen molar-refractivity contribution in [2.45, 2.75) is 58.8 Å². The summed E-state index contributed by atoms with van der Waals surface area (Å²) in [6, 6.07) is 0. The van der Waals surface area contributed by atoms with E-state index in [1.807, 2.05) is 6.08 Å². The van der Waals surface area contributed by atoms with Crippen LogP contribution in [0, 0.1) is 52.8 Å². The van der Waals surface area contributed by atoms with Crippen LogP contribution in [0.15, 0.2) is 11.6 Å². The third-order valence-corrected chi connectivity index (χ3v) is 8.62. The van der Waals surface area contributed by atoms with Crippen LogP contribution in [0.25, 0.3) is 0 Å². The normalized spacial score (nSPS) is 47.1. The molecule has 4 rings (SSSR count). The molecule has 7 atom stereocenters. The number of terminal acetylenes is 1. The van der Waals surface area contributed by atoms with Gasteiger partial charge in [-0.25, -0.2) is 0 Å². The molecule has 0 N–H and O–H groups in total. The molecule has 0 amide bonds. The molecule has 0 aromatic rings. The van der Waals surface area contributed by atoms with Crippen molar-refractivity contribution < 1.29 is 14.3 Å². The van der Waals surface area contributed by atoms with Crippen molar-refractivity contribution in [3.63, 3.8) is 0 Å². The molecule has 0 aromatic heterocycles. The molecular weight excluding hydrogens is 324 g/mol. The van der Waals surface area contributed by atoms with Crippen LogP contribution < -0.4 is 0 Å². The Balaban J connectivity index is 1.71. The maximum absolute atomic E-state index is 12.7. The molecule has 0 aliphatic heterocycles. The number of allylic oxidation sites excluding steroid dienone is 1. The fourth-order valence-electron chi connectivity index (χ4n) is 7.44. The van der Waals surface area contributed by atoms with Gasteiger partial charge in [0.2, 0.25) is 0 Å². The second-order valence-corrected chi connectivity index (χ2v) is 9.40. The molecule has 5 unspecified atom stereocenters. The minimum absolute atomic E-state index is 0.171. The maximum atomic E-state index is 12.7. The van der Waals surface area contributed by atoms with Gasteiger partial charge in [-0.2, -0.15) is 0 Å². The van der Waals surface area contributed by atoms with Gasteiger partial charge in [-0.3, -0.25) is 9.59 Å². The van der Waals surface area contributed by atoms with E-state index in [9.17, 15) is 9.59 Å². The van der Waals surface area contributed by atoms with E-state index in [0.29, 0.717) is 41.8 Å². The highest BCUT2D eigenvalue weighted by molar-refractivity contribution is 5.91. The van der Waals surface area contributed by atoms with Crippen LogP contribution in [0.1, 0.15) is 58.8 Å². The molecule has 3 saturated carbocycles. The topological polar surface area (TPSA) is 43.4 Å². The van der Waals surface area contributed by atoms with Crippen molar-refractivity contribution in [2.24, 2.45) is 40.4 Å². The predicted molar refractivity (Wildman–Crippen MR) is 99.9 cm³/mol. The molecule has 3 nitrogen and oxygen atoms in total. The first-order valence-corrected chi connectivity index (χ1v) is 10.2. The Hall–Kier alpha value is -1.56. The van der Waals surface area contributed by atoms with Gasteiger partial charge in [-0.15, -0.1) is 6.42 Å². The summed E-state index contributed by atoms with van der Waals surface area (Å²) in [5, 5.41) is 0. The average Bonchev–Trinajstić information content (AvgIpc) is 2.93. The minimum Gasteiger partial charge on any atom is -0.468 e. The smallest absolute Gasteiger partial charge is 0.324 e. The van der Waals surface area contributed by atoms with Gasteiger partial charge in [-0.1, -0.05) is 25.3 Å². The summed E-state index contributed by atoms with van der Waals surface area (Å²) in [4.78, 5) is 24.6. The molecule has 3 heteroatoms. The van der Waals surface area contributed by atoms with Crippen molar-refractivity contribution in [1.82, 2.24) is 0 Å². The Kier molecular flexibility index (Phi) is 4.10. The fourth-order valence-corrected chi connectivity index (χ4v) is 7.44. The van der Waals surface area contributed by atoms with Gasteiger partial charge in [0.15, 0.2) is 5.78 Å². The second-order valence-electron chi connectivity index (χ2n) is 9.40. The van der Waals surface area contributed by atoms with Crippen LogP contribution in [0.2, 0.25) is 0 Å². The molecule has 0 heterocycles. The summed E-state index contributed by atoms with van der Waals surface area (Å²) >= 11 is 0. The molecule has 0 radical (unpaired) electrons. The molecule has 0 aromatic carbocycles. The number of esters is 1. The predicted octanol–water partition coefficient (Wildman–Crippen LogP) is 4.17. The summed E-state index contributed by atoms with van der Waals surface area (Å²) in [5.41, 5.74) is 0.457. The molecule has 0 saturated heterocycles. The molecule has 4 aliphatic carbocycles. The minimum atomic E-state index is -0.768. The lowest BCUT2D eigenvalue weighted by molar-refractivity contribution is -0.160. The van der Waals surface area contributed by atoms with E-state index in [1.165, 1.54) is 12.7 Å². The highest BCUT2D eigenvalue weighted by Crippen LogP contribution is 2.68. The molecule has 140 valence electrons. The highest BCUT2D eigenvalue weighted by Gasteiger charge is 2.66. The van der Waals surface area contributed by atoms with Crippen LogP contribution in [-0.4, -0.2) is 18.9 Å². The zero-order valence-electron chi connectivity index (χ0n) is 16.2. The molecule has 3 fully saturated rings. The summed E-state index contributed by atoms with van der Waals surface area (Å²) in [6.45, 7) is 4.59. The van der Waals surface area contributed by atoms with Crippen molar-refractivity contribution in [3.05, 3.63) is 11.6 Å². The van der Waals surface area contributed by atoms with E-state index >= 15 is 0 Å². The van der Waals surface area contributed by atoms with E-state index in [-0.39, 0.29) is 11.4 Å². The van der Waals surface area contributed by atoms with Crippen molar-refractivity contribution in [3.8, 4) is 12.3 Å². The fraction of sp³-hybridized carbons (Fsp3) is 0.739. The van der Waals surface area contributed by atoms with E-state index in [2.05, 4.69) is 19.8 Å². The SMILES string of the molecule is C#C[C@@]1(C(=O)OC)CCC2C3C(C)CC4=CC(=O)CCC4C3CC[C@@]21C. The number of hydrogen-bond acceptors (Lipinski definition) is 3. The van der Waals surface area contributed by atoms with Gasteiger partial charge in [0, 0.05) is 6.42 Å². The number of ketones is 1. The van der Waals surface area contributed by atoms with E-state index in [4.69, 9.17) is 11.2 Å². The van der Waals surface area contributed by atoms with Gasteiger partial charge < -0.3 is 4.74 Å². The Morgan fingerprint density at radius 3 is 2.77 bits per heavy atom. The standard InChI is InChI=1S/C23H30O3/c1-5-23(21(25)26-4)11-9-19-20-14(2)12-15-13-16(24)6-7-17(15)18(20)8-10-22(19,23)3/h1,13-14,17-20H,6-12H2,2-4H3/t14?,17?,18?,19?,20?,22-,23-/m0/s1. The highest BCUT2D eigenvalue weighted by atomic mass is 16.5. The number of hydrogen-bond donors (Lipinski definition) is 0. The first-order valence-electron chi connectivity index (χ1n) is 10.2. The van der Waals surface area contributed by atoms with Crippen LogP contribution in [0.5, 0.6) is 0 Å². The number of carbonyl (C=O) groups excluding carboxylic acids is 2.